The summed E-state index contributed by atoms with van der Waals surface area (Å²) in [7, 11) is 0. The molecule has 0 aromatic rings. The van der Waals surface area contributed by atoms with Gasteiger partial charge in [0.2, 0.25) is 0 Å². The van der Waals surface area contributed by atoms with Crippen LogP contribution in [0.1, 0.15) is 27.2 Å². The van der Waals surface area contributed by atoms with Crippen molar-refractivity contribution in [2.45, 2.75) is 45.2 Å². The molecule has 2 aliphatic heterocycles. The maximum absolute atomic E-state index is 11.5. The number of hydrogen-bond donors (Lipinski definition) is 0. The van der Waals surface area contributed by atoms with Gasteiger partial charge in [-0.25, -0.2) is 0 Å². The van der Waals surface area contributed by atoms with Crippen LogP contribution in [0.4, 0.5) is 0 Å². The van der Waals surface area contributed by atoms with E-state index in [1.165, 1.54) is 0 Å². The first kappa shape index (κ1) is 8.20. The predicted molar refractivity (Wildman–Crippen MR) is 42.6 cm³/mol. The standard InChI is InChI=1S/C9H14O3/c1-5-4-6(10)7-9(2,3)12-8(5)11-7/h5,7-8H,4H2,1-3H3/t5-,7-,8-/m0/s1. The summed E-state index contributed by atoms with van der Waals surface area (Å²) < 4.78 is 11.1. The van der Waals surface area contributed by atoms with Crippen molar-refractivity contribution in [1.29, 1.82) is 0 Å². The molecule has 12 heavy (non-hydrogen) atoms. The zero-order valence-electron chi connectivity index (χ0n) is 7.66. The molecule has 3 nitrogen and oxygen atoms in total. The largest absolute Gasteiger partial charge is 0.343 e. The third kappa shape index (κ3) is 1.00. The minimum atomic E-state index is -0.424. The van der Waals surface area contributed by atoms with Gasteiger partial charge in [-0.2, -0.15) is 0 Å². The number of ether oxygens (including phenoxy) is 2. The molecule has 0 saturated carbocycles. The van der Waals surface area contributed by atoms with Crippen LogP contribution < -0.4 is 0 Å². The lowest BCUT2D eigenvalue weighted by Crippen LogP contribution is -2.40. The first-order valence-electron chi connectivity index (χ1n) is 4.37. The van der Waals surface area contributed by atoms with Crippen LogP contribution >= 0.6 is 0 Å². The summed E-state index contributed by atoms with van der Waals surface area (Å²) in [6.07, 6.45) is 0.0973. The smallest absolute Gasteiger partial charge is 0.165 e. The molecule has 0 N–H and O–H groups in total. The Morgan fingerprint density at radius 1 is 1.50 bits per heavy atom. The lowest BCUT2D eigenvalue weighted by molar-refractivity contribution is -0.151. The topological polar surface area (TPSA) is 35.5 Å². The predicted octanol–water partition coefficient (Wildman–Crippen LogP) is 1.12. The van der Waals surface area contributed by atoms with Crippen LogP contribution in [0.2, 0.25) is 0 Å². The molecule has 2 heterocycles. The van der Waals surface area contributed by atoms with Gasteiger partial charge in [-0.1, -0.05) is 6.92 Å². The molecule has 3 atom stereocenters. The van der Waals surface area contributed by atoms with Gasteiger partial charge in [0.05, 0.1) is 5.60 Å². The molecule has 0 radical (unpaired) electrons. The molecular weight excluding hydrogens is 156 g/mol. The zero-order valence-corrected chi connectivity index (χ0v) is 7.66. The van der Waals surface area contributed by atoms with E-state index in [4.69, 9.17) is 9.47 Å². The van der Waals surface area contributed by atoms with E-state index in [2.05, 4.69) is 0 Å². The summed E-state index contributed by atoms with van der Waals surface area (Å²) in [5.74, 6) is 0.386. The second-order valence-electron chi connectivity index (χ2n) is 4.25. The number of carbonyl (C=O) groups is 1. The van der Waals surface area contributed by atoms with Crippen molar-refractivity contribution in [2.24, 2.45) is 5.92 Å². The van der Waals surface area contributed by atoms with Crippen LogP contribution in [0.15, 0.2) is 0 Å². The number of rotatable bonds is 0. The average Bonchev–Trinajstić information content (AvgIpc) is 2.20. The molecule has 0 aromatic carbocycles. The summed E-state index contributed by atoms with van der Waals surface area (Å²) in [6.45, 7) is 5.81. The maximum atomic E-state index is 11.5. The summed E-state index contributed by atoms with van der Waals surface area (Å²) in [6, 6.07) is 0. The lowest BCUT2D eigenvalue weighted by Gasteiger charge is -2.24. The molecule has 68 valence electrons. The van der Waals surface area contributed by atoms with Crippen LogP contribution in [0.3, 0.4) is 0 Å². The van der Waals surface area contributed by atoms with Gasteiger partial charge in [-0.15, -0.1) is 0 Å². The Hall–Kier alpha value is -0.410. The van der Waals surface area contributed by atoms with Crippen molar-refractivity contribution in [3.05, 3.63) is 0 Å². The first-order valence-corrected chi connectivity index (χ1v) is 4.37. The van der Waals surface area contributed by atoms with Gasteiger partial charge in [0.15, 0.2) is 12.1 Å². The van der Waals surface area contributed by atoms with Crippen LogP contribution in [0, 0.1) is 5.92 Å². The molecule has 0 amide bonds. The van der Waals surface area contributed by atoms with E-state index in [0.29, 0.717) is 6.42 Å². The Kier molecular flexibility index (Phi) is 1.57. The molecule has 3 heteroatoms. The van der Waals surface area contributed by atoms with Crippen molar-refractivity contribution in [1.82, 2.24) is 0 Å². The molecule has 2 bridgehead atoms. The van der Waals surface area contributed by atoms with E-state index in [1.54, 1.807) is 0 Å². The van der Waals surface area contributed by atoms with Crippen molar-refractivity contribution in [3.8, 4) is 0 Å². The summed E-state index contributed by atoms with van der Waals surface area (Å²) >= 11 is 0. The molecule has 2 saturated heterocycles. The van der Waals surface area contributed by atoms with Crippen molar-refractivity contribution < 1.29 is 14.3 Å². The highest BCUT2D eigenvalue weighted by molar-refractivity contribution is 5.85. The van der Waals surface area contributed by atoms with Crippen molar-refractivity contribution >= 4 is 5.78 Å². The number of carbonyl (C=O) groups excluding carboxylic acids is 1. The fraction of sp³-hybridized carbons (Fsp3) is 0.889. The number of hydrogen-bond acceptors (Lipinski definition) is 3. The molecule has 0 spiro atoms. The zero-order chi connectivity index (χ0) is 8.93. The normalized spacial score (nSPS) is 44.9. The molecule has 2 fully saturated rings. The Labute approximate surface area is 72.0 Å². The number of Topliss-reactive ketones (excluding diaryl/α,β-unsaturated/α-hetero) is 1. The van der Waals surface area contributed by atoms with Crippen molar-refractivity contribution in [3.63, 3.8) is 0 Å². The van der Waals surface area contributed by atoms with Gasteiger partial charge in [0.1, 0.15) is 6.10 Å². The second kappa shape index (κ2) is 2.30. The van der Waals surface area contributed by atoms with Gasteiger partial charge in [-0.3, -0.25) is 4.79 Å². The number of ketones is 1. The average molecular weight is 170 g/mol. The third-order valence-electron chi connectivity index (χ3n) is 2.60. The van der Waals surface area contributed by atoms with Crippen LogP contribution in [-0.2, 0) is 14.3 Å². The first-order chi connectivity index (χ1) is 5.50. The minimum Gasteiger partial charge on any atom is -0.343 e. The molecular formula is C9H14O3. The summed E-state index contributed by atoms with van der Waals surface area (Å²) in [5.41, 5.74) is -0.424. The van der Waals surface area contributed by atoms with E-state index in [0.717, 1.165) is 0 Å². The summed E-state index contributed by atoms with van der Waals surface area (Å²) in [5, 5.41) is 0. The van der Waals surface area contributed by atoms with Crippen LogP contribution in [0.5, 0.6) is 0 Å². The van der Waals surface area contributed by atoms with Crippen LogP contribution in [-0.4, -0.2) is 23.8 Å². The van der Waals surface area contributed by atoms with Gasteiger partial charge in [-0.05, 0) is 13.8 Å². The Morgan fingerprint density at radius 2 is 2.17 bits per heavy atom. The molecule has 2 rings (SSSR count). The Balaban J connectivity index is 2.27. The Bertz CT molecular complexity index is 222. The van der Waals surface area contributed by atoms with Gasteiger partial charge in [0.25, 0.3) is 0 Å². The van der Waals surface area contributed by atoms with E-state index in [1.807, 2.05) is 20.8 Å². The Morgan fingerprint density at radius 3 is 2.83 bits per heavy atom. The molecule has 0 aliphatic carbocycles. The minimum absolute atomic E-state index is 0.164. The molecule has 0 unspecified atom stereocenters. The fourth-order valence-corrected chi connectivity index (χ4v) is 1.92. The third-order valence-corrected chi connectivity index (χ3v) is 2.60. The second-order valence-corrected chi connectivity index (χ2v) is 4.25. The highest BCUT2D eigenvalue weighted by Gasteiger charge is 2.52. The lowest BCUT2D eigenvalue weighted by atomic mass is 9.92. The molecule has 0 aromatic heterocycles. The number of fused-ring (bicyclic) bond motifs is 2. The fourth-order valence-electron chi connectivity index (χ4n) is 1.92. The van der Waals surface area contributed by atoms with E-state index < -0.39 is 5.60 Å². The van der Waals surface area contributed by atoms with Crippen molar-refractivity contribution in [2.75, 3.05) is 0 Å². The highest BCUT2D eigenvalue weighted by atomic mass is 16.7. The maximum Gasteiger partial charge on any atom is 0.165 e. The van der Waals surface area contributed by atoms with E-state index >= 15 is 0 Å². The highest BCUT2D eigenvalue weighted by Crippen LogP contribution is 2.39. The van der Waals surface area contributed by atoms with Gasteiger partial charge >= 0.3 is 0 Å². The monoisotopic (exact) mass is 170 g/mol. The summed E-state index contributed by atoms with van der Waals surface area (Å²) in [4.78, 5) is 11.5. The quantitative estimate of drug-likeness (QED) is 0.546. The molecule has 2 aliphatic rings. The van der Waals surface area contributed by atoms with Gasteiger partial charge < -0.3 is 9.47 Å². The van der Waals surface area contributed by atoms with E-state index in [9.17, 15) is 4.79 Å². The van der Waals surface area contributed by atoms with E-state index in [-0.39, 0.29) is 24.1 Å². The van der Waals surface area contributed by atoms with Crippen LogP contribution in [0.25, 0.3) is 0 Å². The SMILES string of the molecule is C[C@H]1CC(=O)[C@@H]2O[C@H]1OC2(C)C. The van der Waals surface area contributed by atoms with Gasteiger partial charge in [0, 0.05) is 12.3 Å².